The number of hydrogen-bond acceptors (Lipinski definition) is 5. The molecule has 0 aliphatic carbocycles. The van der Waals surface area contributed by atoms with Gasteiger partial charge in [-0.25, -0.2) is 0 Å². The summed E-state index contributed by atoms with van der Waals surface area (Å²) >= 11 is 5.84. The van der Waals surface area contributed by atoms with Crippen molar-refractivity contribution in [3.8, 4) is 0 Å². The first-order valence-corrected chi connectivity index (χ1v) is 10.4. The zero-order valence-electron chi connectivity index (χ0n) is 16.8. The number of carbonyl (C=O) groups excluding carboxylic acids is 2. The highest BCUT2D eigenvalue weighted by Gasteiger charge is 2.34. The Morgan fingerprint density at radius 3 is 2.48 bits per heavy atom. The lowest BCUT2D eigenvalue weighted by Gasteiger charge is -2.42. The molecule has 0 N–H and O–H groups in total. The summed E-state index contributed by atoms with van der Waals surface area (Å²) in [7, 11) is 0. The Morgan fingerprint density at radius 2 is 1.90 bits per heavy atom. The SMILES string of the molecule is Cc1cc(C(=O)N2CCN(C3CCN(Cc4ccc(Cl)o4)CC3)C(=O)C2)c(C)o1. The Labute approximate surface area is 175 Å². The Balaban J connectivity index is 1.30. The standard InChI is InChI=1S/C21H26ClN3O4/c1-14-11-18(15(2)28-14)21(27)24-9-10-25(20(26)13-24)16-5-7-23(8-6-16)12-17-3-4-19(22)29-17/h3-4,11,16H,5-10,12-13H2,1-2H3. The van der Waals surface area contributed by atoms with Crippen molar-refractivity contribution >= 4 is 23.4 Å². The number of aryl methyl sites for hydroxylation is 2. The molecule has 2 aliphatic heterocycles. The average Bonchev–Trinajstić information content (AvgIpc) is 3.26. The zero-order valence-corrected chi connectivity index (χ0v) is 17.6. The summed E-state index contributed by atoms with van der Waals surface area (Å²) in [6.45, 7) is 7.42. The van der Waals surface area contributed by atoms with E-state index in [1.807, 2.05) is 17.9 Å². The number of rotatable bonds is 4. The number of likely N-dealkylation sites (tertiary alicyclic amines) is 1. The van der Waals surface area contributed by atoms with Crippen molar-refractivity contribution < 1.29 is 18.4 Å². The smallest absolute Gasteiger partial charge is 0.257 e. The van der Waals surface area contributed by atoms with E-state index in [-0.39, 0.29) is 24.4 Å². The van der Waals surface area contributed by atoms with Crippen molar-refractivity contribution in [1.29, 1.82) is 0 Å². The second-order valence-electron chi connectivity index (χ2n) is 7.85. The maximum atomic E-state index is 12.8. The summed E-state index contributed by atoms with van der Waals surface area (Å²) in [6, 6.07) is 5.64. The second kappa shape index (κ2) is 8.24. The number of piperazine rings is 1. The third kappa shape index (κ3) is 4.36. The summed E-state index contributed by atoms with van der Waals surface area (Å²) in [6.07, 6.45) is 1.85. The maximum Gasteiger partial charge on any atom is 0.257 e. The Morgan fingerprint density at radius 1 is 1.14 bits per heavy atom. The van der Waals surface area contributed by atoms with E-state index >= 15 is 0 Å². The van der Waals surface area contributed by atoms with Gasteiger partial charge in [0.1, 0.15) is 23.8 Å². The number of carbonyl (C=O) groups is 2. The van der Waals surface area contributed by atoms with Gasteiger partial charge < -0.3 is 18.6 Å². The van der Waals surface area contributed by atoms with Crippen LogP contribution in [0.4, 0.5) is 0 Å². The first-order valence-electron chi connectivity index (χ1n) is 10.0. The van der Waals surface area contributed by atoms with E-state index < -0.39 is 0 Å². The van der Waals surface area contributed by atoms with Crippen LogP contribution in [0.5, 0.6) is 0 Å². The van der Waals surface area contributed by atoms with Crippen LogP contribution in [0.3, 0.4) is 0 Å². The van der Waals surface area contributed by atoms with Crippen LogP contribution in [-0.2, 0) is 11.3 Å². The monoisotopic (exact) mass is 419 g/mol. The molecule has 0 spiro atoms. The van der Waals surface area contributed by atoms with Crippen LogP contribution in [0.25, 0.3) is 0 Å². The molecule has 0 unspecified atom stereocenters. The van der Waals surface area contributed by atoms with Crippen LogP contribution >= 0.6 is 11.6 Å². The van der Waals surface area contributed by atoms with Gasteiger partial charge >= 0.3 is 0 Å². The predicted octanol–water partition coefficient (Wildman–Crippen LogP) is 3.09. The number of halogens is 1. The van der Waals surface area contributed by atoms with Crippen LogP contribution in [0.1, 0.15) is 40.5 Å². The van der Waals surface area contributed by atoms with Crippen LogP contribution in [0.15, 0.2) is 27.0 Å². The number of hydrogen-bond donors (Lipinski definition) is 0. The molecule has 0 aromatic carbocycles. The Hall–Kier alpha value is -2.25. The first-order chi connectivity index (χ1) is 13.9. The topological polar surface area (TPSA) is 70.1 Å². The molecule has 0 radical (unpaired) electrons. The predicted molar refractivity (Wildman–Crippen MR) is 108 cm³/mol. The fraction of sp³-hybridized carbons (Fsp3) is 0.524. The molecule has 0 atom stereocenters. The van der Waals surface area contributed by atoms with E-state index in [1.165, 1.54) is 0 Å². The summed E-state index contributed by atoms with van der Waals surface area (Å²) in [5.41, 5.74) is 0.551. The Bertz CT molecular complexity index is 898. The van der Waals surface area contributed by atoms with Crippen molar-refractivity contribution in [3.63, 3.8) is 0 Å². The summed E-state index contributed by atoms with van der Waals surface area (Å²) in [5, 5.41) is 0.411. The molecule has 2 amide bonds. The number of nitrogens with zero attached hydrogens (tertiary/aromatic N) is 3. The van der Waals surface area contributed by atoms with E-state index in [4.69, 9.17) is 20.4 Å². The molecule has 8 heteroatoms. The average molecular weight is 420 g/mol. The summed E-state index contributed by atoms with van der Waals surface area (Å²) in [4.78, 5) is 31.4. The van der Waals surface area contributed by atoms with Gasteiger partial charge in [-0.3, -0.25) is 14.5 Å². The van der Waals surface area contributed by atoms with Crippen LogP contribution in [0.2, 0.25) is 5.22 Å². The molecule has 29 heavy (non-hydrogen) atoms. The summed E-state index contributed by atoms with van der Waals surface area (Å²) in [5.74, 6) is 2.08. The third-order valence-corrected chi connectivity index (χ3v) is 6.03. The summed E-state index contributed by atoms with van der Waals surface area (Å²) < 4.78 is 10.9. The minimum Gasteiger partial charge on any atom is -0.466 e. The van der Waals surface area contributed by atoms with Gasteiger partial charge in [-0.15, -0.1) is 0 Å². The lowest BCUT2D eigenvalue weighted by atomic mass is 10.0. The highest BCUT2D eigenvalue weighted by molar-refractivity contribution is 6.28. The van der Waals surface area contributed by atoms with Crippen molar-refractivity contribution in [2.75, 3.05) is 32.7 Å². The molecule has 2 aromatic heterocycles. The van der Waals surface area contributed by atoms with Crippen molar-refractivity contribution in [3.05, 3.63) is 46.3 Å². The number of furan rings is 2. The number of amides is 2. The van der Waals surface area contributed by atoms with E-state index in [0.29, 0.717) is 35.4 Å². The quantitative estimate of drug-likeness (QED) is 0.761. The van der Waals surface area contributed by atoms with Gasteiger partial charge in [0.05, 0.1) is 12.1 Å². The molecule has 2 aliphatic rings. The van der Waals surface area contributed by atoms with Gasteiger partial charge in [0, 0.05) is 32.2 Å². The number of piperidine rings is 1. The largest absolute Gasteiger partial charge is 0.466 e. The highest BCUT2D eigenvalue weighted by atomic mass is 35.5. The fourth-order valence-corrected chi connectivity index (χ4v) is 4.47. The van der Waals surface area contributed by atoms with Crippen molar-refractivity contribution in [2.24, 2.45) is 0 Å². The van der Waals surface area contributed by atoms with E-state index in [1.54, 1.807) is 24.0 Å². The molecule has 2 aromatic rings. The van der Waals surface area contributed by atoms with Gasteiger partial charge in [0.15, 0.2) is 5.22 Å². The second-order valence-corrected chi connectivity index (χ2v) is 8.23. The highest BCUT2D eigenvalue weighted by Crippen LogP contribution is 2.23. The fourth-order valence-electron chi connectivity index (χ4n) is 4.31. The minimum atomic E-state index is -0.126. The van der Waals surface area contributed by atoms with Crippen LogP contribution < -0.4 is 0 Å². The maximum absolute atomic E-state index is 12.8. The molecule has 2 saturated heterocycles. The molecule has 2 fully saturated rings. The van der Waals surface area contributed by atoms with Crippen LogP contribution in [0, 0.1) is 13.8 Å². The minimum absolute atomic E-state index is 0.0266. The van der Waals surface area contributed by atoms with E-state index in [9.17, 15) is 9.59 Å². The molecule has 0 bridgehead atoms. The molecule has 156 valence electrons. The third-order valence-electron chi connectivity index (χ3n) is 5.82. The van der Waals surface area contributed by atoms with Gasteiger partial charge in [-0.1, -0.05) is 0 Å². The van der Waals surface area contributed by atoms with E-state index in [2.05, 4.69) is 4.90 Å². The van der Waals surface area contributed by atoms with E-state index in [0.717, 1.165) is 38.2 Å². The zero-order chi connectivity index (χ0) is 20.5. The normalized spacial score (nSPS) is 19.2. The first kappa shape index (κ1) is 20.0. The molecule has 4 heterocycles. The molecular formula is C21H26ClN3O4. The van der Waals surface area contributed by atoms with Gasteiger partial charge in [-0.05, 0) is 56.5 Å². The van der Waals surface area contributed by atoms with Gasteiger partial charge in [-0.2, -0.15) is 0 Å². The van der Waals surface area contributed by atoms with Gasteiger partial charge in [0.2, 0.25) is 5.91 Å². The van der Waals surface area contributed by atoms with Crippen molar-refractivity contribution in [2.45, 2.75) is 39.3 Å². The molecule has 4 rings (SSSR count). The lowest BCUT2D eigenvalue weighted by Crippen LogP contribution is -2.57. The Kier molecular flexibility index (Phi) is 5.69. The molecular weight excluding hydrogens is 394 g/mol. The lowest BCUT2D eigenvalue weighted by molar-refractivity contribution is -0.138. The molecule has 0 saturated carbocycles. The van der Waals surface area contributed by atoms with Crippen molar-refractivity contribution in [1.82, 2.24) is 14.7 Å². The van der Waals surface area contributed by atoms with Crippen LogP contribution in [-0.4, -0.2) is 65.3 Å². The van der Waals surface area contributed by atoms with Gasteiger partial charge in [0.25, 0.3) is 5.91 Å². The molecule has 7 nitrogen and oxygen atoms in total.